The summed E-state index contributed by atoms with van der Waals surface area (Å²) in [5.41, 5.74) is 2.74. The van der Waals surface area contributed by atoms with Crippen LogP contribution in [0.15, 0.2) is 18.2 Å². The molecule has 2 nitrogen and oxygen atoms in total. The lowest BCUT2D eigenvalue weighted by Gasteiger charge is -2.30. The maximum atomic E-state index is 10.6. The molecule has 1 aromatic rings. The van der Waals surface area contributed by atoms with Gasteiger partial charge in [0.25, 0.3) is 0 Å². The van der Waals surface area contributed by atoms with Crippen LogP contribution in [0.2, 0.25) is 0 Å². The van der Waals surface area contributed by atoms with Crippen LogP contribution in [0.5, 0.6) is 0 Å². The minimum absolute atomic E-state index is 0.217. The smallest absolute Gasteiger partial charge is 0.0919 e. The van der Waals surface area contributed by atoms with Crippen molar-refractivity contribution < 1.29 is 9.84 Å². The Morgan fingerprint density at radius 3 is 2.62 bits per heavy atom. The highest BCUT2D eigenvalue weighted by molar-refractivity contribution is 5.33. The van der Waals surface area contributed by atoms with Crippen LogP contribution in [0.1, 0.15) is 30.0 Å². The van der Waals surface area contributed by atoms with Gasteiger partial charge in [-0.2, -0.15) is 0 Å². The minimum Gasteiger partial charge on any atom is -0.385 e. The molecule has 0 radical (unpaired) electrons. The van der Waals surface area contributed by atoms with Crippen LogP contribution in [0.4, 0.5) is 0 Å². The number of hydrogen-bond donors (Lipinski definition) is 1. The summed E-state index contributed by atoms with van der Waals surface area (Å²) >= 11 is 0. The lowest BCUT2D eigenvalue weighted by molar-refractivity contribution is -0.00976. The van der Waals surface area contributed by atoms with Crippen molar-refractivity contribution in [1.82, 2.24) is 0 Å². The highest BCUT2D eigenvalue weighted by Gasteiger charge is 2.36. The zero-order chi connectivity index (χ0) is 11.8. The average molecular weight is 220 g/mol. The second-order valence-electron chi connectivity index (χ2n) is 5.01. The first-order chi connectivity index (χ1) is 7.51. The summed E-state index contributed by atoms with van der Waals surface area (Å²) in [7, 11) is 0. The van der Waals surface area contributed by atoms with E-state index < -0.39 is 5.60 Å². The Kier molecular flexibility index (Phi) is 3.04. The molecule has 2 heteroatoms. The predicted molar refractivity (Wildman–Crippen MR) is 64.4 cm³/mol. The van der Waals surface area contributed by atoms with Crippen LogP contribution < -0.4 is 0 Å². The van der Waals surface area contributed by atoms with Gasteiger partial charge < -0.3 is 9.84 Å². The van der Waals surface area contributed by atoms with Gasteiger partial charge in [0.1, 0.15) is 0 Å². The molecule has 2 rings (SSSR count). The Morgan fingerprint density at radius 1 is 1.31 bits per heavy atom. The number of ether oxygens (including phenoxy) is 1. The van der Waals surface area contributed by atoms with E-state index in [2.05, 4.69) is 26.0 Å². The summed E-state index contributed by atoms with van der Waals surface area (Å²) in [4.78, 5) is 0. The third-order valence-electron chi connectivity index (χ3n) is 3.82. The number of rotatable bonds is 2. The molecule has 16 heavy (non-hydrogen) atoms. The molecule has 1 aromatic carbocycles. The number of hydrogen-bond acceptors (Lipinski definition) is 2. The summed E-state index contributed by atoms with van der Waals surface area (Å²) in [6.45, 7) is 7.51. The van der Waals surface area contributed by atoms with E-state index in [1.54, 1.807) is 0 Å². The van der Waals surface area contributed by atoms with Gasteiger partial charge in [-0.3, -0.25) is 0 Å². The maximum Gasteiger partial charge on any atom is 0.0919 e. The third kappa shape index (κ3) is 2.00. The monoisotopic (exact) mass is 220 g/mol. The summed E-state index contributed by atoms with van der Waals surface area (Å²) in [5, 5.41) is 10.6. The lowest BCUT2D eigenvalue weighted by Crippen LogP contribution is -2.32. The summed E-state index contributed by atoms with van der Waals surface area (Å²) in [6, 6.07) is 6.20. The van der Waals surface area contributed by atoms with Gasteiger partial charge in [0.15, 0.2) is 0 Å². The molecule has 0 aliphatic carbocycles. The second-order valence-corrected chi connectivity index (χ2v) is 5.01. The molecule has 1 aliphatic rings. The van der Waals surface area contributed by atoms with E-state index in [1.165, 1.54) is 11.1 Å². The molecule has 1 N–H and O–H groups in total. The number of benzene rings is 1. The predicted octanol–water partition coefficient (Wildman–Crippen LogP) is 2.55. The van der Waals surface area contributed by atoms with Crippen LogP contribution in [0.3, 0.4) is 0 Å². The molecule has 2 unspecified atom stereocenters. The van der Waals surface area contributed by atoms with Crippen molar-refractivity contribution in [2.75, 3.05) is 13.2 Å². The summed E-state index contributed by atoms with van der Waals surface area (Å²) in [6.07, 6.45) is 0.944. The van der Waals surface area contributed by atoms with Gasteiger partial charge in [-0.15, -0.1) is 0 Å². The molecule has 0 saturated carbocycles. The van der Waals surface area contributed by atoms with E-state index in [0.29, 0.717) is 6.61 Å². The van der Waals surface area contributed by atoms with Gasteiger partial charge in [-0.05, 0) is 43.9 Å². The molecule has 0 aromatic heterocycles. The van der Waals surface area contributed by atoms with E-state index in [4.69, 9.17) is 4.74 Å². The van der Waals surface area contributed by atoms with Crippen LogP contribution in [-0.4, -0.2) is 18.3 Å². The van der Waals surface area contributed by atoms with Crippen LogP contribution >= 0.6 is 0 Å². The molecule has 0 bridgehead atoms. The van der Waals surface area contributed by atoms with E-state index in [1.807, 2.05) is 13.0 Å². The largest absolute Gasteiger partial charge is 0.385 e. The fourth-order valence-corrected chi connectivity index (χ4v) is 2.27. The molecule has 88 valence electrons. The van der Waals surface area contributed by atoms with Crippen LogP contribution in [-0.2, 0) is 10.3 Å². The molecule has 1 fully saturated rings. The lowest BCUT2D eigenvalue weighted by atomic mass is 9.81. The summed E-state index contributed by atoms with van der Waals surface area (Å²) in [5.74, 6) is 0.217. The van der Waals surface area contributed by atoms with Crippen molar-refractivity contribution in [3.8, 4) is 0 Å². The second kappa shape index (κ2) is 4.19. The van der Waals surface area contributed by atoms with Gasteiger partial charge >= 0.3 is 0 Å². The fourth-order valence-electron chi connectivity index (χ4n) is 2.27. The first-order valence-corrected chi connectivity index (χ1v) is 5.89. The van der Waals surface area contributed by atoms with E-state index in [9.17, 15) is 5.11 Å². The molecule has 1 heterocycles. The Hall–Kier alpha value is -0.860. The van der Waals surface area contributed by atoms with Crippen molar-refractivity contribution in [3.63, 3.8) is 0 Å². The molecular weight excluding hydrogens is 200 g/mol. The van der Waals surface area contributed by atoms with E-state index in [0.717, 1.165) is 18.6 Å². The van der Waals surface area contributed by atoms with Crippen molar-refractivity contribution in [3.05, 3.63) is 34.9 Å². The normalized spacial score (nSPS) is 24.4. The highest BCUT2D eigenvalue weighted by Crippen LogP contribution is 2.35. The van der Waals surface area contributed by atoms with E-state index in [-0.39, 0.29) is 5.92 Å². The SMILES string of the molecule is Cc1ccc(C(C)(O)C2CCOC2)cc1C. The topological polar surface area (TPSA) is 29.5 Å². The van der Waals surface area contributed by atoms with Crippen molar-refractivity contribution in [2.45, 2.75) is 32.8 Å². The highest BCUT2D eigenvalue weighted by atomic mass is 16.5. The first-order valence-electron chi connectivity index (χ1n) is 5.89. The van der Waals surface area contributed by atoms with Crippen molar-refractivity contribution in [1.29, 1.82) is 0 Å². The first kappa shape index (κ1) is 11.6. The minimum atomic E-state index is -0.769. The number of aryl methyl sites for hydroxylation is 2. The zero-order valence-electron chi connectivity index (χ0n) is 10.3. The molecular formula is C14H20O2. The quantitative estimate of drug-likeness (QED) is 0.830. The van der Waals surface area contributed by atoms with Crippen molar-refractivity contribution >= 4 is 0 Å². The molecule has 2 atom stereocenters. The Morgan fingerprint density at radius 2 is 2.06 bits per heavy atom. The van der Waals surface area contributed by atoms with Crippen LogP contribution in [0.25, 0.3) is 0 Å². The maximum absolute atomic E-state index is 10.6. The van der Waals surface area contributed by atoms with Gasteiger partial charge in [-0.25, -0.2) is 0 Å². The average Bonchev–Trinajstić information content (AvgIpc) is 2.75. The summed E-state index contributed by atoms with van der Waals surface area (Å²) < 4.78 is 5.36. The van der Waals surface area contributed by atoms with Gasteiger partial charge in [-0.1, -0.05) is 18.2 Å². The Balaban J connectivity index is 2.30. The molecule has 0 amide bonds. The molecule has 1 aliphatic heterocycles. The fraction of sp³-hybridized carbons (Fsp3) is 0.571. The van der Waals surface area contributed by atoms with Crippen LogP contribution in [0, 0.1) is 19.8 Å². The Labute approximate surface area is 97.3 Å². The van der Waals surface area contributed by atoms with Crippen molar-refractivity contribution in [2.24, 2.45) is 5.92 Å². The standard InChI is InChI=1S/C14H20O2/c1-10-4-5-12(8-11(10)2)14(3,15)13-6-7-16-9-13/h4-5,8,13,15H,6-7,9H2,1-3H3. The van der Waals surface area contributed by atoms with Gasteiger partial charge in [0.05, 0.1) is 12.2 Å². The number of aliphatic hydroxyl groups is 1. The molecule has 0 spiro atoms. The molecule has 1 saturated heterocycles. The zero-order valence-corrected chi connectivity index (χ0v) is 10.3. The Bertz CT molecular complexity index is 376. The van der Waals surface area contributed by atoms with E-state index >= 15 is 0 Å². The van der Waals surface area contributed by atoms with Gasteiger partial charge in [0.2, 0.25) is 0 Å². The van der Waals surface area contributed by atoms with Gasteiger partial charge in [0, 0.05) is 12.5 Å². The third-order valence-corrected chi connectivity index (χ3v) is 3.82.